The molecule has 0 aliphatic carbocycles. The highest BCUT2D eigenvalue weighted by Gasteiger charge is 2.10. The smallest absolute Gasteiger partial charge is 0.335 e. The fourth-order valence-corrected chi connectivity index (χ4v) is 2.69. The minimum absolute atomic E-state index is 0.207. The van der Waals surface area contributed by atoms with Gasteiger partial charge in [0.25, 0.3) is 0 Å². The molecule has 0 aliphatic heterocycles. The third kappa shape index (κ3) is 4.66. The summed E-state index contributed by atoms with van der Waals surface area (Å²) in [5, 5.41) is 13.7. The van der Waals surface area contributed by atoms with Crippen LogP contribution in [0.25, 0.3) is 0 Å². The molecule has 0 aliphatic rings. The van der Waals surface area contributed by atoms with E-state index in [2.05, 4.69) is 10.5 Å². The van der Waals surface area contributed by atoms with E-state index in [9.17, 15) is 4.79 Å². The van der Waals surface area contributed by atoms with Crippen LogP contribution in [0.5, 0.6) is 0 Å². The van der Waals surface area contributed by atoms with Crippen LogP contribution >= 0.6 is 23.4 Å². The molecule has 0 bridgehead atoms. The van der Waals surface area contributed by atoms with E-state index in [1.54, 1.807) is 30.9 Å². The first kappa shape index (κ1) is 18.2. The van der Waals surface area contributed by atoms with Gasteiger partial charge in [0.1, 0.15) is 6.61 Å². The van der Waals surface area contributed by atoms with Crippen molar-refractivity contribution in [1.82, 2.24) is 5.43 Å². The number of carbonyl (C=O) groups is 1. The Morgan fingerprint density at radius 1 is 1.25 bits per heavy atom. The minimum Gasteiger partial charge on any atom is -0.478 e. The van der Waals surface area contributed by atoms with Crippen molar-refractivity contribution in [2.24, 2.45) is 5.10 Å². The van der Waals surface area contributed by atoms with Gasteiger partial charge in [-0.3, -0.25) is 0 Å². The molecular formula is C17H17ClN2O3S. The van der Waals surface area contributed by atoms with Crippen molar-refractivity contribution < 1.29 is 14.6 Å². The van der Waals surface area contributed by atoms with Crippen molar-refractivity contribution in [3.8, 4) is 0 Å². The lowest BCUT2D eigenvalue weighted by atomic mass is 10.1. The number of thioether (sulfide) groups is 1. The minimum atomic E-state index is -0.977. The molecule has 0 amide bonds. The zero-order valence-electron chi connectivity index (χ0n) is 13.2. The first-order chi connectivity index (χ1) is 11.5. The van der Waals surface area contributed by atoms with Crippen LogP contribution in [0.15, 0.2) is 52.5 Å². The lowest BCUT2D eigenvalue weighted by molar-refractivity contribution is 0.0697. The molecule has 2 aromatic rings. The summed E-state index contributed by atoms with van der Waals surface area (Å²) in [6.07, 6.45) is 1.99. The van der Waals surface area contributed by atoms with Crippen LogP contribution in [0.1, 0.15) is 21.5 Å². The Kier molecular flexibility index (Phi) is 6.52. The van der Waals surface area contributed by atoms with E-state index < -0.39 is 5.97 Å². The van der Waals surface area contributed by atoms with Gasteiger partial charge in [-0.2, -0.15) is 0 Å². The molecule has 0 saturated heterocycles. The summed E-state index contributed by atoms with van der Waals surface area (Å²) in [7, 11) is 1.66. The summed E-state index contributed by atoms with van der Waals surface area (Å²) in [6.45, 7) is 0.259. The van der Waals surface area contributed by atoms with Crippen molar-refractivity contribution >= 4 is 35.2 Å². The molecule has 0 radical (unpaired) electrons. The van der Waals surface area contributed by atoms with Gasteiger partial charge in [-0.25, -0.2) is 4.79 Å². The summed E-state index contributed by atoms with van der Waals surface area (Å²) < 4.78 is 5.76. The average molecular weight is 365 g/mol. The average Bonchev–Trinajstić information content (AvgIpc) is 2.59. The summed E-state index contributed by atoms with van der Waals surface area (Å²) in [5.74, 6) is -0.616. The Morgan fingerprint density at radius 3 is 2.46 bits per heavy atom. The highest BCUT2D eigenvalue weighted by molar-refractivity contribution is 7.98. The predicted molar refractivity (Wildman–Crippen MR) is 97.0 cm³/mol. The zero-order valence-corrected chi connectivity index (χ0v) is 14.8. The van der Waals surface area contributed by atoms with Crippen LogP contribution in [-0.4, -0.2) is 30.3 Å². The first-order valence-corrected chi connectivity index (χ1v) is 8.68. The molecule has 0 atom stereocenters. The Balaban J connectivity index is 2.14. The van der Waals surface area contributed by atoms with E-state index in [-0.39, 0.29) is 12.2 Å². The molecular weight excluding hydrogens is 348 g/mol. The van der Waals surface area contributed by atoms with E-state index in [1.165, 1.54) is 12.1 Å². The molecule has 5 nitrogen and oxygen atoms in total. The Hall–Kier alpha value is -2.18. The Labute approximate surface area is 149 Å². The van der Waals surface area contributed by atoms with Crippen LogP contribution < -0.4 is 5.43 Å². The molecule has 0 fully saturated rings. The molecule has 0 heterocycles. The first-order valence-electron chi connectivity index (χ1n) is 7.08. The van der Waals surface area contributed by atoms with Crippen molar-refractivity contribution in [3.05, 3.63) is 64.2 Å². The Bertz CT molecular complexity index is 748. The summed E-state index contributed by atoms with van der Waals surface area (Å²) in [5.41, 5.74) is 4.41. The molecule has 0 unspecified atom stereocenters. The summed E-state index contributed by atoms with van der Waals surface area (Å²) in [4.78, 5) is 12.0. The molecule has 126 valence electrons. The standard InChI is InChI=1S/C17H17ClN2O3S/c1-19-20-16(11-3-5-12(6-4-11)17(21)22)23-10-13-7-8-14(24-2)9-15(13)18/h3-9,19H,10H2,1-2H3,(H,21,22)/b20-16-. The van der Waals surface area contributed by atoms with Crippen LogP contribution in [0.2, 0.25) is 5.02 Å². The van der Waals surface area contributed by atoms with Gasteiger partial charge in [0.15, 0.2) is 0 Å². The second kappa shape index (κ2) is 8.61. The monoisotopic (exact) mass is 364 g/mol. The number of aromatic carboxylic acids is 1. The van der Waals surface area contributed by atoms with Crippen LogP contribution in [0, 0.1) is 0 Å². The number of hydrogen-bond donors (Lipinski definition) is 2. The third-order valence-electron chi connectivity index (χ3n) is 3.22. The van der Waals surface area contributed by atoms with Gasteiger partial charge in [0, 0.05) is 28.1 Å². The topological polar surface area (TPSA) is 70.9 Å². The number of ether oxygens (including phenoxy) is 1. The van der Waals surface area contributed by atoms with E-state index in [4.69, 9.17) is 21.4 Å². The van der Waals surface area contributed by atoms with Gasteiger partial charge >= 0.3 is 5.97 Å². The SMILES string of the molecule is CN/N=C(\OCc1ccc(SC)cc1Cl)c1ccc(C(=O)O)cc1. The van der Waals surface area contributed by atoms with Gasteiger partial charge in [0.05, 0.1) is 5.56 Å². The largest absolute Gasteiger partial charge is 0.478 e. The van der Waals surface area contributed by atoms with Crippen molar-refractivity contribution in [2.75, 3.05) is 13.3 Å². The number of halogens is 1. The normalized spacial score (nSPS) is 11.2. The maximum absolute atomic E-state index is 10.9. The number of hydrazone groups is 1. The Morgan fingerprint density at radius 2 is 1.92 bits per heavy atom. The number of benzene rings is 2. The molecule has 0 saturated carbocycles. The second-order valence-corrected chi connectivity index (χ2v) is 6.06. The number of rotatable bonds is 6. The molecule has 24 heavy (non-hydrogen) atoms. The number of nitrogens with one attached hydrogen (secondary N) is 1. The fourth-order valence-electron chi connectivity index (χ4n) is 1.96. The number of nitrogens with zero attached hydrogens (tertiary/aromatic N) is 1. The van der Waals surface area contributed by atoms with E-state index in [0.29, 0.717) is 16.5 Å². The lowest BCUT2D eigenvalue weighted by Gasteiger charge is -2.11. The van der Waals surface area contributed by atoms with Gasteiger partial charge in [-0.15, -0.1) is 16.9 Å². The summed E-state index contributed by atoms with van der Waals surface area (Å²) in [6, 6.07) is 12.1. The fraction of sp³-hybridized carbons (Fsp3) is 0.176. The van der Waals surface area contributed by atoms with Crippen molar-refractivity contribution in [2.45, 2.75) is 11.5 Å². The zero-order chi connectivity index (χ0) is 17.5. The van der Waals surface area contributed by atoms with Gasteiger partial charge in [-0.1, -0.05) is 17.7 Å². The highest BCUT2D eigenvalue weighted by Crippen LogP contribution is 2.24. The predicted octanol–water partition coefficient (Wildman–Crippen LogP) is 3.86. The number of carboxylic acid groups (broad SMARTS) is 1. The molecule has 2 aromatic carbocycles. The van der Waals surface area contributed by atoms with Gasteiger partial charge in [0.2, 0.25) is 5.90 Å². The summed E-state index contributed by atoms with van der Waals surface area (Å²) >= 11 is 7.87. The number of hydrogen-bond acceptors (Lipinski definition) is 5. The van der Waals surface area contributed by atoms with Crippen molar-refractivity contribution in [1.29, 1.82) is 0 Å². The third-order valence-corrected chi connectivity index (χ3v) is 4.29. The maximum Gasteiger partial charge on any atom is 0.335 e. The molecule has 0 aromatic heterocycles. The van der Waals surface area contributed by atoms with E-state index in [1.807, 2.05) is 24.5 Å². The molecule has 2 N–H and O–H groups in total. The number of carboxylic acids is 1. The van der Waals surface area contributed by atoms with Crippen molar-refractivity contribution in [3.63, 3.8) is 0 Å². The quantitative estimate of drug-likeness (QED) is 0.352. The van der Waals surface area contributed by atoms with E-state index in [0.717, 1.165) is 10.5 Å². The second-order valence-electron chi connectivity index (χ2n) is 4.77. The highest BCUT2D eigenvalue weighted by atomic mass is 35.5. The van der Waals surface area contributed by atoms with Gasteiger partial charge < -0.3 is 15.3 Å². The molecule has 0 spiro atoms. The van der Waals surface area contributed by atoms with Gasteiger partial charge in [-0.05, 0) is 42.7 Å². The van der Waals surface area contributed by atoms with E-state index >= 15 is 0 Å². The van der Waals surface area contributed by atoms with Crippen LogP contribution in [0.4, 0.5) is 0 Å². The lowest BCUT2D eigenvalue weighted by Crippen LogP contribution is -2.12. The molecule has 2 rings (SSSR count). The van der Waals surface area contributed by atoms with Crippen LogP contribution in [0.3, 0.4) is 0 Å². The molecule has 7 heteroatoms. The van der Waals surface area contributed by atoms with Crippen LogP contribution in [-0.2, 0) is 11.3 Å². The maximum atomic E-state index is 10.9.